The van der Waals surface area contributed by atoms with Gasteiger partial charge in [-0.25, -0.2) is 4.98 Å². The number of halogens is 2. The third kappa shape index (κ3) is 5.76. The number of carbonyl (C=O) groups is 1. The van der Waals surface area contributed by atoms with Crippen molar-refractivity contribution in [1.29, 1.82) is 0 Å². The second-order valence-corrected chi connectivity index (χ2v) is 9.85. The normalized spacial score (nSPS) is 11.0. The molecule has 2 aromatic carbocycles. The minimum Gasteiger partial charge on any atom is -0.351 e. The molecule has 1 amide bonds. The molecule has 4 rings (SSSR count). The standard InChI is InChI=1S/C23H21Cl2N5OS2/c1-2-3-11-26-22(31)19-13-32-20(27-19)14-33-23-29-28-21(17-9-4-5-10-18(17)25)30(23)16-8-6-7-15(24)12-16/h4-10,12-13H,2-3,11,14H2,1H3,(H,26,31). The first kappa shape index (κ1) is 23.8. The maximum atomic E-state index is 12.2. The fraction of sp³-hybridized carbons (Fsp3) is 0.217. The van der Waals surface area contributed by atoms with Gasteiger partial charge in [0.1, 0.15) is 10.7 Å². The number of aromatic nitrogens is 4. The molecule has 0 saturated heterocycles. The summed E-state index contributed by atoms with van der Waals surface area (Å²) in [6.45, 7) is 2.74. The molecule has 0 saturated carbocycles. The van der Waals surface area contributed by atoms with Crippen LogP contribution < -0.4 is 5.32 Å². The van der Waals surface area contributed by atoms with Crippen LogP contribution in [-0.4, -0.2) is 32.2 Å². The SMILES string of the molecule is CCCCNC(=O)c1csc(CSc2nnc(-c3ccccc3Cl)n2-c2cccc(Cl)c2)n1. The fourth-order valence-corrected chi connectivity index (χ4v) is 5.25. The fourth-order valence-electron chi connectivity index (χ4n) is 3.11. The van der Waals surface area contributed by atoms with Crippen LogP contribution in [0.1, 0.15) is 35.3 Å². The van der Waals surface area contributed by atoms with Crippen LogP contribution in [-0.2, 0) is 5.75 Å². The number of hydrogen-bond acceptors (Lipinski definition) is 6. The number of rotatable bonds is 9. The van der Waals surface area contributed by atoms with Crippen molar-refractivity contribution in [1.82, 2.24) is 25.1 Å². The lowest BCUT2D eigenvalue weighted by molar-refractivity contribution is 0.0948. The third-order valence-electron chi connectivity index (χ3n) is 4.74. The van der Waals surface area contributed by atoms with Crippen LogP contribution >= 0.6 is 46.3 Å². The lowest BCUT2D eigenvalue weighted by Crippen LogP contribution is -2.24. The predicted octanol–water partition coefficient (Wildman–Crippen LogP) is 6.52. The molecule has 0 unspecified atom stereocenters. The minimum atomic E-state index is -0.140. The molecule has 0 atom stereocenters. The van der Waals surface area contributed by atoms with Crippen LogP contribution in [0.4, 0.5) is 0 Å². The molecule has 0 aliphatic heterocycles. The molecule has 170 valence electrons. The van der Waals surface area contributed by atoms with Crippen LogP contribution in [0.5, 0.6) is 0 Å². The summed E-state index contributed by atoms with van der Waals surface area (Å²) in [6.07, 6.45) is 1.98. The van der Waals surface area contributed by atoms with E-state index in [2.05, 4.69) is 27.4 Å². The molecule has 0 aliphatic rings. The molecule has 0 bridgehead atoms. The van der Waals surface area contributed by atoms with E-state index in [-0.39, 0.29) is 5.91 Å². The summed E-state index contributed by atoms with van der Waals surface area (Å²) in [4.78, 5) is 16.7. The smallest absolute Gasteiger partial charge is 0.270 e. The van der Waals surface area contributed by atoms with Gasteiger partial charge in [0.2, 0.25) is 0 Å². The van der Waals surface area contributed by atoms with Gasteiger partial charge < -0.3 is 5.32 Å². The molecule has 33 heavy (non-hydrogen) atoms. The Hall–Kier alpha value is -2.39. The highest BCUT2D eigenvalue weighted by atomic mass is 35.5. The first-order valence-electron chi connectivity index (χ1n) is 10.4. The lowest BCUT2D eigenvalue weighted by atomic mass is 10.2. The largest absolute Gasteiger partial charge is 0.351 e. The van der Waals surface area contributed by atoms with E-state index in [0.29, 0.717) is 39.0 Å². The number of thioether (sulfide) groups is 1. The Kier molecular flexibility index (Phi) is 8.03. The summed E-state index contributed by atoms with van der Waals surface area (Å²) in [5, 5.41) is 16.2. The van der Waals surface area contributed by atoms with E-state index in [1.165, 1.54) is 23.1 Å². The van der Waals surface area contributed by atoms with Crippen molar-refractivity contribution in [3.8, 4) is 17.1 Å². The zero-order valence-corrected chi connectivity index (χ0v) is 20.9. The van der Waals surface area contributed by atoms with Gasteiger partial charge in [0.05, 0.1) is 16.5 Å². The molecule has 10 heteroatoms. The minimum absolute atomic E-state index is 0.140. The Morgan fingerprint density at radius 2 is 2.00 bits per heavy atom. The van der Waals surface area contributed by atoms with Crippen molar-refractivity contribution in [2.75, 3.05) is 6.54 Å². The second-order valence-electron chi connectivity index (χ2n) is 7.13. The quantitative estimate of drug-likeness (QED) is 0.202. The third-order valence-corrected chi connectivity index (χ3v) is 7.28. The molecular formula is C23H21Cl2N5OS2. The van der Waals surface area contributed by atoms with Gasteiger partial charge in [-0.2, -0.15) is 0 Å². The zero-order chi connectivity index (χ0) is 23.2. The van der Waals surface area contributed by atoms with Crippen LogP contribution in [0.3, 0.4) is 0 Å². The molecule has 2 aromatic heterocycles. The Morgan fingerprint density at radius 1 is 1.15 bits per heavy atom. The van der Waals surface area contributed by atoms with Crippen LogP contribution in [0.2, 0.25) is 10.0 Å². The number of benzene rings is 2. The summed E-state index contributed by atoms with van der Waals surface area (Å²) < 4.78 is 1.93. The van der Waals surface area contributed by atoms with Crippen LogP contribution in [0, 0.1) is 0 Å². The number of nitrogens with zero attached hydrogens (tertiary/aromatic N) is 4. The second kappa shape index (κ2) is 11.2. The summed E-state index contributed by atoms with van der Waals surface area (Å²) in [5.74, 6) is 1.04. The van der Waals surface area contributed by atoms with Crippen molar-refractivity contribution < 1.29 is 4.79 Å². The van der Waals surface area contributed by atoms with E-state index in [1.54, 1.807) is 5.38 Å². The number of amides is 1. The van der Waals surface area contributed by atoms with Gasteiger partial charge in [0.15, 0.2) is 11.0 Å². The molecule has 1 N–H and O–H groups in total. The van der Waals surface area contributed by atoms with Gasteiger partial charge >= 0.3 is 0 Å². The Morgan fingerprint density at radius 3 is 2.79 bits per heavy atom. The van der Waals surface area contributed by atoms with E-state index < -0.39 is 0 Å². The van der Waals surface area contributed by atoms with E-state index in [1.807, 2.05) is 53.1 Å². The number of thiazole rings is 1. The number of nitrogens with one attached hydrogen (secondary N) is 1. The Bertz CT molecular complexity index is 1260. The molecule has 6 nitrogen and oxygen atoms in total. The summed E-state index contributed by atoms with van der Waals surface area (Å²) in [7, 11) is 0. The van der Waals surface area contributed by atoms with Gasteiger partial charge in [0, 0.05) is 22.5 Å². The molecular weight excluding hydrogens is 497 g/mol. The molecule has 0 radical (unpaired) electrons. The Labute approximate surface area is 210 Å². The molecule has 4 aromatic rings. The zero-order valence-electron chi connectivity index (χ0n) is 17.8. The number of carbonyl (C=O) groups excluding carboxylic acids is 1. The van der Waals surface area contributed by atoms with Crippen LogP contribution in [0.15, 0.2) is 59.1 Å². The first-order chi connectivity index (χ1) is 16.1. The molecule has 0 aliphatic carbocycles. The van der Waals surface area contributed by atoms with Gasteiger partial charge in [-0.1, -0.05) is 66.5 Å². The first-order valence-corrected chi connectivity index (χ1v) is 13.0. The summed E-state index contributed by atoms with van der Waals surface area (Å²) >= 11 is 15.7. The summed E-state index contributed by atoms with van der Waals surface area (Å²) in [5.41, 5.74) is 2.05. The maximum absolute atomic E-state index is 12.2. The average molecular weight is 518 g/mol. The van der Waals surface area contributed by atoms with Gasteiger partial charge in [-0.15, -0.1) is 21.5 Å². The van der Waals surface area contributed by atoms with E-state index >= 15 is 0 Å². The summed E-state index contributed by atoms with van der Waals surface area (Å²) in [6, 6.07) is 15.0. The highest BCUT2D eigenvalue weighted by molar-refractivity contribution is 7.98. The van der Waals surface area contributed by atoms with E-state index in [4.69, 9.17) is 23.2 Å². The lowest BCUT2D eigenvalue weighted by Gasteiger charge is -2.11. The predicted molar refractivity (Wildman–Crippen MR) is 136 cm³/mol. The monoisotopic (exact) mass is 517 g/mol. The van der Waals surface area contributed by atoms with E-state index in [0.717, 1.165) is 29.1 Å². The highest BCUT2D eigenvalue weighted by Crippen LogP contribution is 2.33. The molecule has 2 heterocycles. The van der Waals surface area contributed by atoms with Crippen molar-refractivity contribution >= 4 is 52.2 Å². The number of hydrogen-bond donors (Lipinski definition) is 1. The topological polar surface area (TPSA) is 72.7 Å². The van der Waals surface area contributed by atoms with Crippen LogP contribution in [0.25, 0.3) is 17.1 Å². The van der Waals surface area contributed by atoms with Crippen molar-refractivity contribution in [3.63, 3.8) is 0 Å². The maximum Gasteiger partial charge on any atom is 0.270 e. The highest BCUT2D eigenvalue weighted by Gasteiger charge is 2.19. The number of unbranched alkanes of at least 4 members (excludes halogenated alkanes) is 1. The van der Waals surface area contributed by atoms with Crippen molar-refractivity contribution in [3.05, 3.63) is 74.7 Å². The van der Waals surface area contributed by atoms with E-state index in [9.17, 15) is 4.79 Å². The van der Waals surface area contributed by atoms with Gasteiger partial charge in [0.25, 0.3) is 5.91 Å². The average Bonchev–Trinajstić information content (AvgIpc) is 3.45. The molecule has 0 spiro atoms. The van der Waals surface area contributed by atoms with Gasteiger partial charge in [-0.3, -0.25) is 9.36 Å². The Balaban J connectivity index is 1.59. The van der Waals surface area contributed by atoms with Gasteiger partial charge in [-0.05, 0) is 36.8 Å². The molecule has 0 fully saturated rings. The van der Waals surface area contributed by atoms with Crippen molar-refractivity contribution in [2.24, 2.45) is 0 Å². The van der Waals surface area contributed by atoms with Crippen molar-refractivity contribution in [2.45, 2.75) is 30.7 Å².